The molecule has 1 aromatic carbocycles. The van der Waals surface area contributed by atoms with Crippen LogP contribution in [0.1, 0.15) is 32.1 Å². The van der Waals surface area contributed by atoms with Gasteiger partial charge in [0.05, 0.1) is 12.6 Å². The molecule has 0 aliphatic heterocycles. The van der Waals surface area contributed by atoms with Crippen LogP contribution in [-0.4, -0.2) is 60.1 Å². The van der Waals surface area contributed by atoms with Gasteiger partial charge in [-0.3, -0.25) is 14.5 Å². The summed E-state index contributed by atoms with van der Waals surface area (Å²) in [6.07, 6.45) is 1.11. The van der Waals surface area contributed by atoms with Gasteiger partial charge in [0, 0.05) is 12.4 Å². The largest absolute Gasteiger partial charge is 0.479 e. The monoisotopic (exact) mass is 424 g/mol. The fraction of sp³-hybridized carbons (Fsp3) is 0.190. The van der Waals surface area contributed by atoms with E-state index in [1.165, 1.54) is 29.2 Å². The normalized spacial score (nSPS) is 12.7. The number of carboxylic acid groups (broad SMARTS) is 2. The maximum Gasteiger partial charge on any atom is 0.354 e. The molecule has 3 rings (SSSR count). The molecule has 2 heterocycles. The third kappa shape index (κ3) is 5.52. The van der Waals surface area contributed by atoms with E-state index in [-0.39, 0.29) is 24.4 Å². The molecule has 0 aliphatic carbocycles. The number of aliphatic hydroxyl groups is 1. The molecule has 0 saturated heterocycles. The van der Waals surface area contributed by atoms with Gasteiger partial charge in [-0.2, -0.15) is 5.10 Å². The van der Waals surface area contributed by atoms with Crippen molar-refractivity contribution in [3.05, 3.63) is 83.4 Å². The molecule has 31 heavy (non-hydrogen) atoms. The van der Waals surface area contributed by atoms with Crippen molar-refractivity contribution in [3.8, 4) is 0 Å². The number of rotatable bonds is 9. The van der Waals surface area contributed by atoms with Gasteiger partial charge in [-0.15, -0.1) is 0 Å². The van der Waals surface area contributed by atoms with E-state index in [4.69, 9.17) is 10.2 Å². The van der Waals surface area contributed by atoms with Gasteiger partial charge >= 0.3 is 11.9 Å². The Bertz CT molecular complexity index is 1060. The molecule has 2 aromatic heterocycles. The second-order valence-electron chi connectivity index (χ2n) is 6.78. The lowest BCUT2D eigenvalue weighted by molar-refractivity contribution is -0.148. The number of carbonyl (C=O) groups is 3. The number of aliphatic carboxylic acids is 1. The van der Waals surface area contributed by atoms with Crippen molar-refractivity contribution in [2.75, 3.05) is 0 Å². The van der Waals surface area contributed by atoms with E-state index in [9.17, 15) is 19.5 Å². The minimum absolute atomic E-state index is 0.0215. The summed E-state index contributed by atoms with van der Waals surface area (Å²) in [6.45, 7) is 0.151. The lowest BCUT2D eigenvalue weighted by Crippen LogP contribution is -2.48. The first-order valence-electron chi connectivity index (χ1n) is 9.31. The zero-order chi connectivity index (χ0) is 22.4. The number of benzene rings is 1. The molecular weight excluding hydrogens is 404 g/mol. The Hall–Kier alpha value is -4.05. The Morgan fingerprint density at radius 3 is 2.35 bits per heavy atom. The Balaban J connectivity index is 1.70. The minimum atomic E-state index is -1.79. The van der Waals surface area contributed by atoms with Crippen molar-refractivity contribution >= 4 is 17.8 Å². The van der Waals surface area contributed by atoms with Crippen molar-refractivity contribution in [2.45, 2.75) is 25.1 Å². The second kappa shape index (κ2) is 9.63. The Labute approximate surface area is 176 Å². The molecule has 0 unspecified atom stereocenters. The number of aromatic nitrogens is 3. The van der Waals surface area contributed by atoms with E-state index >= 15 is 0 Å². The second-order valence-corrected chi connectivity index (χ2v) is 6.78. The van der Waals surface area contributed by atoms with E-state index in [2.05, 4.69) is 15.4 Å². The summed E-state index contributed by atoms with van der Waals surface area (Å²) in [5.41, 5.74) is 1.42. The fourth-order valence-electron chi connectivity index (χ4n) is 2.99. The maximum absolute atomic E-state index is 12.6. The molecule has 2 atom stereocenters. The van der Waals surface area contributed by atoms with Crippen LogP contribution in [-0.2, 0) is 17.8 Å². The number of pyridine rings is 1. The zero-order valence-corrected chi connectivity index (χ0v) is 16.3. The summed E-state index contributed by atoms with van der Waals surface area (Å²) in [6, 6.07) is 12.2. The van der Waals surface area contributed by atoms with E-state index < -0.39 is 30.0 Å². The van der Waals surface area contributed by atoms with Gasteiger partial charge in [-0.05, 0) is 29.7 Å². The summed E-state index contributed by atoms with van der Waals surface area (Å²) in [7, 11) is 0. The van der Waals surface area contributed by atoms with E-state index in [1.807, 2.05) is 0 Å². The van der Waals surface area contributed by atoms with E-state index in [1.54, 1.807) is 36.4 Å². The fourth-order valence-corrected chi connectivity index (χ4v) is 2.99. The third-order valence-corrected chi connectivity index (χ3v) is 4.57. The van der Waals surface area contributed by atoms with E-state index in [0.717, 1.165) is 5.56 Å². The standard InChI is InChI=1S/C21H20N4O6/c26-18(21(30)31)16(10-13-4-2-1-3-5-13)24-19(27)15-7-6-14(11-22-15)12-25-17(20(28)29)8-9-23-25/h1-9,11,16,18,26H,10,12H2,(H,24,27)(H,28,29)(H,30,31)/t16-,18-/m1/s1. The van der Waals surface area contributed by atoms with Gasteiger partial charge in [0.1, 0.15) is 11.4 Å². The van der Waals surface area contributed by atoms with Crippen LogP contribution < -0.4 is 5.32 Å². The van der Waals surface area contributed by atoms with Crippen molar-refractivity contribution in [1.29, 1.82) is 0 Å². The summed E-state index contributed by atoms with van der Waals surface area (Å²) < 4.78 is 1.29. The Kier molecular flexibility index (Phi) is 6.73. The molecule has 0 fully saturated rings. The molecule has 160 valence electrons. The van der Waals surface area contributed by atoms with Crippen molar-refractivity contribution in [1.82, 2.24) is 20.1 Å². The molecule has 10 heteroatoms. The zero-order valence-electron chi connectivity index (χ0n) is 16.3. The van der Waals surface area contributed by atoms with Crippen molar-refractivity contribution in [2.24, 2.45) is 0 Å². The number of nitrogens with zero attached hydrogens (tertiary/aromatic N) is 3. The number of carboxylic acids is 2. The van der Waals surface area contributed by atoms with Crippen LogP contribution in [0.5, 0.6) is 0 Å². The highest BCUT2D eigenvalue weighted by Gasteiger charge is 2.28. The number of aliphatic hydroxyl groups excluding tert-OH is 1. The maximum atomic E-state index is 12.6. The Morgan fingerprint density at radius 2 is 1.74 bits per heavy atom. The third-order valence-electron chi connectivity index (χ3n) is 4.57. The first-order chi connectivity index (χ1) is 14.8. The molecule has 0 radical (unpaired) electrons. The van der Waals surface area contributed by atoms with Crippen LogP contribution >= 0.6 is 0 Å². The average molecular weight is 424 g/mol. The summed E-state index contributed by atoms with van der Waals surface area (Å²) in [5, 5.41) is 34.8. The molecule has 3 aromatic rings. The number of hydrogen-bond donors (Lipinski definition) is 4. The number of nitrogens with one attached hydrogen (secondary N) is 1. The predicted octanol–water partition coefficient (Wildman–Crippen LogP) is 0.811. The van der Waals surface area contributed by atoms with Crippen LogP contribution in [0.4, 0.5) is 0 Å². The van der Waals surface area contributed by atoms with Gasteiger partial charge in [0.2, 0.25) is 0 Å². The average Bonchev–Trinajstić information content (AvgIpc) is 3.22. The van der Waals surface area contributed by atoms with Gasteiger partial charge in [-0.25, -0.2) is 9.59 Å². The Morgan fingerprint density at radius 1 is 1.00 bits per heavy atom. The van der Waals surface area contributed by atoms with Crippen LogP contribution in [0.25, 0.3) is 0 Å². The van der Waals surface area contributed by atoms with Crippen LogP contribution in [0.3, 0.4) is 0 Å². The molecule has 1 amide bonds. The van der Waals surface area contributed by atoms with Gasteiger partial charge in [-0.1, -0.05) is 36.4 Å². The van der Waals surface area contributed by atoms with Crippen LogP contribution in [0.15, 0.2) is 60.9 Å². The van der Waals surface area contributed by atoms with Gasteiger partial charge in [0.25, 0.3) is 5.91 Å². The SMILES string of the molecule is O=C(N[C@H](Cc1ccccc1)[C@@H](O)C(=O)O)c1ccc(Cn2nccc2C(=O)O)cn1. The molecular formula is C21H20N4O6. The van der Waals surface area contributed by atoms with Crippen LogP contribution in [0.2, 0.25) is 0 Å². The summed E-state index contributed by atoms with van der Waals surface area (Å²) in [5.74, 6) is -3.20. The molecule has 0 spiro atoms. The molecule has 0 bridgehead atoms. The highest BCUT2D eigenvalue weighted by atomic mass is 16.4. The number of aromatic carboxylic acids is 1. The number of hydrogen-bond acceptors (Lipinski definition) is 6. The van der Waals surface area contributed by atoms with Crippen molar-refractivity contribution < 1.29 is 29.7 Å². The first-order valence-corrected chi connectivity index (χ1v) is 9.31. The van der Waals surface area contributed by atoms with Crippen molar-refractivity contribution in [3.63, 3.8) is 0 Å². The topological polar surface area (TPSA) is 155 Å². The highest BCUT2D eigenvalue weighted by Crippen LogP contribution is 2.10. The predicted molar refractivity (Wildman–Crippen MR) is 108 cm³/mol. The van der Waals surface area contributed by atoms with Crippen LogP contribution in [0, 0.1) is 0 Å². The number of amides is 1. The first kappa shape index (κ1) is 21.7. The summed E-state index contributed by atoms with van der Waals surface area (Å²) >= 11 is 0. The lowest BCUT2D eigenvalue weighted by atomic mass is 10.0. The summed E-state index contributed by atoms with van der Waals surface area (Å²) in [4.78, 5) is 39.1. The number of carbonyl (C=O) groups excluding carboxylic acids is 1. The van der Waals surface area contributed by atoms with Gasteiger partial charge < -0.3 is 20.6 Å². The minimum Gasteiger partial charge on any atom is -0.479 e. The molecule has 0 saturated carbocycles. The molecule has 10 nitrogen and oxygen atoms in total. The lowest BCUT2D eigenvalue weighted by Gasteiger charge is -2.21. The highest BCUT2D eigenvalue weighted by molar-refractivity contribution is 5.93. The molecule has 0 aliphatic rings. The van der Waals surface area contributed by atoms with E-state index in [0.29, 0.717) is 5.56 Å². The van der Waals surface area contributed by atoms with Gasteiger partial charge in [0.15, 0.2) is 6.10 Å². The smallest absolute Gasteiger partial charge is 0.354 e. The molecule has 4 N–H and O–H groups in total. The quantitative estimate of drug-likeness (QED) is 0.393.